The van der Waals surface area contributed by atoms with E-state index in [1.54, 1.807) is 37.4 Å². The molecule has 0 radical (unpaired) electrons. The van der Waals surface area contributed by atoms with Gasteiger partial charge in [0.25, 0.3) is 0 Å². The fourth-order valence-electron chi connectivity index (χ4n) is 1.65. The van der Waals surface area contributed by atoms with E-state index in [1.165, 1.54) is 0 Å². The monoisotopic (exact) mass is 273 g/mol. The first-order valence-electron chi connectivity index (χ1n) is 5.54. The van der Waals surface area contributed by atoms with Crippen LogP contribution in [0.5, 0.6) is 5.75 Å². The van der Waals surface area contributed by atoms with Crippen molar-refractivity contribution in [2.45, 2.75) is 0 Å². The minimum atomic E-state index is 0.437. The van der Waals surface area contributed by atoms with Crippen LogP contribution in [0.1, 0.15) is 5.56 Å². The molecule has 0 atom stereocenters. The van der Waals surface area contributed by atoms with Gasteiger partial charge in [-0.15, -0.1) is 0 Å². The zero-order valence-corrected chi connectivity index (χ0v) is 11.0. The fourth-order valence-corrected chi connectivity index (χ4v) is 1.91. The van der Waals surface area contributed by atoms with Crippen molar-refractivity contribution in [3.8, 4) is 11.8 Å². The van der Waals surface area contributed by atoms with Gasteiger partial charge in [0.05, 0.1) is 23.4 Å². The van der Waals surface area contributed by atoms with Gasteiger partial charge in [0.2, 0.25) is 0 Å². The van der Waals surface area contributed by atoms with E-state index in [0.29, 0.717) is 22.0 Å². The lowest BCUT2D eigenvalue weighted by Gasteiger charge is -2.10. The molecule has 0 fully saturated rings. The van der Waals surface area contributed by atoms with Gasteiger partial charge in [-0.25, -0.2) is 0 Å². The van der Waals surface area contributed by atoms with Crippen LogP contribution < -0.4 is 15.8 Å². The minimum Gasteiger partial charge on any atom is -0.495 e. The summed E-state index contributed by atoms with van der Waals surface area (Å²) in [4.78, 5) is 0. The average Bonchev–Trinajstić information content (AvgIpc) is 2.39. The molecule has 2 aromatic rings. The van der Waals surface area contributed by atoms with Gasteiger partial charge in [-0.2, -0.15) is 5.26 Å². The molecule has 19 heavy (non-hydrogen) atoms. The highest BCUT2D eigenvalue weighted by molar-refractivity contribution is 6.32. The van der Waals surface area contributed by atoms with Crippen LogP contribution in [0.2, 0.25) is 5.02 Å². The number of methoxy groups -OCH3 is 1. The van der Waals surface area contributed by atoms with Crippen molar-refractivity contribution in [3.05, 3.63) is 47.0 Å². The highest BCUT2D eigenvalue weighted by Gasteiger charge is 2.04. The predicted octanol–water partition coefficient (Wildman–Crippen LogP) is 3.55. The van der Waals surface area contributed by atoms with E-state index in [4.69, 9.17) is 27.3 Å². The molecular formula is C14H12ClN3O. The summed E-state index contributed by atoms with van der Waals surface area (Å²) in [6, 6.07) is 12.6. The van der Waals surface area contributed by atoms with Crippen LogP contribution in [0.25, 0.3) is 0 Å². The zero-order valence-electron chi connectivity index (χ0n) is 10.3. The van der Waals surface area contributed by atoms with E-state index >= 15 is 0 Å². The SMILES string of the molecule is COc1ccc(Nc2ccc(C#N)c(N)c2)cc1Cl. The summed E-state index contributed by atoms with van der Waals surface area (Å²) < 4.78 is 5.08. The third-order valence-electron chi connectivity index (χ3n) is 2.61. The van der Waals surface area contributed by atoms with Crippen LogP contribution in [0.3, 0.4) is 0 Å². The molecular weight excluding hydrogens is 262 g/mol. The molecule has 0 spiro atoms. The minimum absolute atomic E-state index is 0.437. The highest BCUT2D eigenvalue weighted by atomic mass is 35.5. The third kappa shape index (κ3) is 2.90. The van der Waals surface area contributed by atoms with Crippen molar-refractivity contribution in [2.24, 2.45) is 0 Å². The van der Waals surface area contributed by atoms with Crippen molar-refractivity contribution < 1.29 is 4.74 Å². The molecule has 0 saturated heterocycles. The van der Waals surface area contributed by atoms with E-state index in [0.717, 1.165) is 11.4 Å². The van der Waals surface area contributed by atoms with Gasteiger partial charge in [-0.1, -0.05) is 11.6 Å². The number of hydrogen-bond acceptors (Lipinski definition) is 4. The summed E-state index contributed by atoms with van der Waals surface area (Å²) in [5.74, 6) is 0.617. The maximum Gasteiger partial charge on any atom is 0.137 e. The largest absolute Gasteiger partial charge is 0.495 e. The molecule has 0 unspecified atom stereocenters. The number of benzene rings is 2. The smallest absolute Gasteiger partial charge is 0.137 e. The Morgan fingerprint density at radius 1 is 1.21 bits per heavy atom. The molecule has 4 nitrogen and oxygen atoms in total. The molecule has 2 aromatic carbocycles. The van der Waals surface area contributed by atoms with Gasteiger partial charge >= 0.3 is 0 Å². The van der Waals surface area contributed by atoms with Crippen LogP contribution in [-0.4, -0.2) is 7.11 Å². The number of halogens is 1. The molecule has 0 aliphatic heterocycles. The normalized spacial score (nSPS) is 9.74. The summed E-state index contributed by atoms with van der Waals surface area (Å²) in [5, 5.41) is 12.5. The first-order valence-corrected chi connectivity index (χ1v) is 5.92. The summed E-state index contributed by atoms with van der Waals surface area (Å²) in [7, 11) is 1.57. The number of nitrogen functional groups attached to an aromatic ring is 1. The van der Waals surface area contributed by atoms with Gasteiger partial charge in [-0.05, 0) is 36.4 Å². The number of hydrogen-bond donors (Lipinski definition) is 2. The highest BCUT2D eigenvalue weighted by Crippen LogP contribution is 2.29. The Bertz CT molecular complexity index is 650. The van der Waals surface area contributed by atoms with Crippen molar-refractivity contribution in [1.29, 1.82) is 5.26 Å². The van der Waals surface area contributed by atoms with Gasteiger partial charge in [-0.3, -0.25) is 0 Å². The van der Waals surface area contributed by atoms with Crippen LogP contribution in [0.15, 0.2) is 36.4 Å². The Morgan fingerprint density at radius 2 is 1.89 bits per heavy atom. The van der Waals surface area contributed by atoms with Crippen molar-refractivity contribution in [1.82, 2.24) is 0 Å². The second kappa shape index (κ2) is 5.51. The van der Waals surface area contributed by atoms with Gasteiger partial charge < -0.3 is 15.8 Å². The van der Waals surface area contributed by atoms with Crippen molar-refractivity contribution in [2.75, 3.05) is 18.2 Å². The summed E-state index contributed by atoms with van der Waals surface area (Å²) >= 11 is 6.04. The quantitative estimate of drug-likeness (QED) is 0.839. The first-order chi connectivity index (χ1) is 9.13. The van der Waals surface area contributed by atoms with Crippen LogP contribution >= 0.6 is 11.6 Å². The lowest BCUT2D eigenvalue weighted by atomic mass is 10.1. The summed E-state index contributed by atoms with van der Waals surface area (Å²) in [5.41, 5.74) is 8.25. The second-order valence-electron chi connectivity index (χ2n) is 3.89. The number of anilines is 3. The Morgan fingerprint density at radius 3 is 2.47 bits per heavy atom. The van der Waals surface area contributed by atoms with Gasteiger partial charge in [0.15, 0.2) is 0 Å². The van der Waals surface area contributed by atoms with Gasteiger partial charge in [0.1, 0.15) is 11.8 Å². The number of ether oxygens (including phenoxy) is 1. The Hall–Kier alpha value is -2.38. The molecule has 0 aliphatic rings. The van der Waals surface area contributed by atoms with Crippen molar-refractivity contribution in [3.63, 3.8) is 0 Å². The van der Waals surface area contributed by atoms with E-state index in [2.05, 4.69) is 5.32 Å². The Labute approximate surface area is 116 Å². The van der Waals surface area contributed by atoms with Gasteiger partial charge in [0, 0.05) is 11.4 Å². The number of rotatable bonds is 3. The predicted molar refractivity (Wildman–Crippen MR) is 76.9 cm³/mol. The molecule has 0 saturated carbocycles. The zero-order chi connectivity index (χ0) is 13.8. The standard InChI is InChI=1S/C14H12ClN3O/c1-19-14-5-4-10(6-12(14)15)18-11-3-2-9(8-16)13(17)7-11/h2-7,18H,17H2,1H3. The van der Waals surface area contributed by atoms with Crippen LogP contribution in [-0.2, 0) is 0 Å². The molecule has 0 aliphatic carbocycles. The molecule has 0 heterocycles. The lowest BCUT2D eigenvalue weighted by molar-refractivity contribution is 0.415. The van der Waals surface area contributed by atoms with Crippen molar-refractivity contribution >= 4 is 28.7 Å². The lowest BCUT2D eigenvalue weighted by Crippen LogP contribution is -1.95. The molecule has 0 bridgehead atoms. The first kappa shape index (κ1) is 13.1. The fraction of sp³-hybridized carbons (Fsp3) is 0.0714. The third-order valence-corrected chi connectivity index (χ3v) is 2.91. The molecule has 0 aromatic heterocycles. The maximum atomic E-state index is 8.81. The van der Waals surface area contributed by atoms with E-state index in [9.17, 15) is 0 Å². The summed E-state index contributed by atoms with van der Waals surface area (Å²) in [6.45, 7) is 0. The molecule has 2 rings (SSSR count). The van der Waals surface area contributed by atoms with E-state index in [1.807, 2.05) is 12.1 Å². The van der Waals surface area contributed by atoms with Crippen LogP contribution in [0.4, 0.5) is 17.1 Å². The van der Waals surface area contributed by atoms with E-state index in [-0.39, 0.29) is 0 Å². The van der Waals surface area contributed by atoms with E-state index < -0.39 is 0 Å². The molecule has 5 heteroatoms. The number of nitrogens with one attached hydrogen (secondary N) is 1. The molecule has 96 valence electrons. The van der Waals surface area contributed by atoms with Crippen LogP contribution in [0, 0.1) is 11.3 Å². The number of nitrogens with two attached hydrogens (primary N) is 1. The maximum absolute atomic E-state index is 8.81. The molecule has 3 N–H and O–H groups in total. The number of nitriles is 1. The topological polar surface area (TPSA) is 71.1 Å². The average molecular weight is 274 g/mol. The Kier molecular flexibility index (Phi) is 3.79. The molecule has 0 amide bonds. The number of nitrogens with zero attached hydrogens (tertiary/aromatic N) is 1. The second-order valence-corrected chi connectivity index (χ2v) is 4.30. The summed E-state index contributed by atoms with van der Waals surface area (Å²) in [6.07, 6.45) is 0. The Balaban J connectivity index is 2.24.